The first-order valence-electron chi connectivity index (χ1n) is 8.51. The number of likely N-dealkylation sites (tertiary alicyclic amines) is 1. The Hall–Kier alpha value is -1.63. The molecule has 2 rings (SSSR count). The third-order valence-corrected chi connectivity index (χ3v) is 4.66. The molecule has 1 fully saturated rings. The zero-order valence-electron chi connectivity index (χ0n) is 15.4. The largest absolute Gasteiger partial charge is 0.325 e. The first-order chi connectivity index (χ1) is 11.4. The summed E-state index contributed by atoms with van der Waals surface area (Å²) in [4.78, 5) is 26.6. The van der Waals surface area contributed by atoms with E-state index >= 15 is 0 Å². The van der Waals surface area contributed by atoms with Gasteiger partial charge in [0.15, 0.2) is 0 Å². The number of hydrogen-bond acceptors (Lipinski definition) is 4. The van der Waals surface area contributed by atoms with E-state index in [-0.39, 0.29) is 24.4 Å². The average Bonchev–Trinajstić information content (AvgIpc) is 2.56. The number of urea groups is 1. The number of piperidine rings is 1. The fraction of sp³-hybridized carbons (Fsp3) is 0.556. The normalized spacial score (nSPS) is 18.8. The number of halogens is 1. The van der Waals surface area contributed by atoms with Crippen LogP contribution >= 0.6 is 12.4 Å². The lowest BCUT2D eigenvalue weighted by Crippen LogP contribution is -2.53. The second kappa shape index (κ2) is 9.75. The summed E-state index contributed by atoms with van der Waals surface area (Å²) >= 11 is 0. The highest BCUT2D eigenvalue weighted by Gasteiger charge is 2.27. The number of benzene rings is 1. The van der Waals surface area contributed by atoms with Crippen LogP contribution in [0.3, 0.4) is 0 Å². The Kier molecular flexibility index (Phi) is 8.35. The molecule has 1 aliphatic heterocycles. The predicted octanol–water partition coefficient (Wildman–Crippen LogP) is 2.45. The molecular formula is C18H29ClN4O2. The molecule has 6 nitrogen and oxygen atoms in total. The van der Waals surface area contributed by atoms with E-state index < -0.39 is 6.03 Å². The smallest absolute Gasteiger partial charge is 0.316 e. The van der Waals surface area contributed by atoms with Crippen molar-refractivity contribution >= 4 is 30.0 Å². The van der Waals surface area contributed by atoms with Crippen LogP contribution in [0.25, 0.3) is 0 Å². The lowest BCUT2D eigenvalue weighted by molar-refractivity contribution is -0.125. The number of imide groups is 1. The van der Waals surface area contributed by atoms with Crippen LogP contribution in [0, 0.1) is 13.8 Å². The summed E-state index contributed by atoms with van der Waals surface area (Å²) < 4.78 is 0. The highest BCUT2D eigenvalue weighted by Crippen LogP contribution is 2.16. The summed E-state index contributed by atoms with van der Waals surface area (Å²) in [5, 5.41) is 8.45. The molecule has 140 valence electrons. The van der Waals surface area contributed by atoms with Crippen molar-refractivity contribution < 1.29 is 9.59 Å². The fourth-order valence-electron chi connectivity index (χ4n) is 3.08. The predicted molar refractivity (Wildman–Crippen MR) is 103 cm³/mol. The van der Waals surface area contributed by atoms with Gasteiger partial charge in [-0.3, -0.25) is 15.0 Å². The molecule has 3 amide bonds. The van der Waals surface area contributed by atoms with E-state index in [9.17, 15) is 9.59 Å². The van der Waals surface area contributed by atoms with Crippen LogP contribution < -0.4 is 16.0 Å². The number of anilines is 1. The van der Waals surface area contributed by atoms with Crippen molar-refractivity contribution in [2.75, 3.05) is 25.5 Å². The van der Waals surface area contributed by atoms with Gasteiger partial charge in [0.05, 0.1) is 6.04 Å². The van der Waals surface area contributed by atoms with Crippen molar-refractivity contribution in [3.63, 3.8) is 0 Å². The zero-order chi connectivity index (χ0) is 17.7. The van der Waals surface area contributed by atoms with E-state index in [0.717, 1.165) is 37.1 Å². The minimum Gasteiger partial charge on any atom is -0.316 e. The third kappa shape index (κ3) is 5.99. The Morgan fingerprint density at radius 1 is 1.28 bits per heavy atom. The summed E-state index contributed by atoms with van der Waals surface area (Å²) in [6.45, 7) is 7.48. The highest BCUT2D eigenvalue weighted by atomic mass is 35.5. The molecule has 1 saturated heterocycles. The summed E-state index contributed by atoms with van der Waals surface area (Å²) in [6, 6.07) is 5.36. The van der Waals surface area contributed by atoms with Crippen molar-refractivity contribution in [2.24, 2.45) is 0 Å². The van der Waals surface area contributed by atoms with Gasteiger partial charge in [0.2, 0.25) is 5.91 Å². The lowest BCUT2D eigenvalue weighted by atomic mass is 10.0. The molecule has 1 heterocycles. The number of carbonyl (C=O) groups excluding carboxylic acids is 2. The quantitative estimate of drug-likeness (QED) is 0.763. The number of carbonyl (C=O) groups is 2. The molecule has 0 aromatic heterocycles. The number of rotatable bonds is 4. The second-order valence-electron chi connectivity index (χ2n) is 6.56. The Morgan fingerprint density at radius 2 is 2.00 bits per heavy atom. The molecule has 0 saturated carbocycles. The molecule has 1 aromatic carbocycles. The van der Waals surface area contributed by atoms with Crippen LogP contribution in [0.15, 0.2) is 18.2 Å². The van der Waals surface area contributed by atoms with Gasteiger partial charge in [-0.25, -0.2) is 4.79 Å². The fourth-order valence-corrected chi connectivity index (χ4v) is 3.08. The maximum atomic E-state index is 12.3. The lowest BCUT2D eigenvalue weighted by Gasteiger charge is -2.35. The third-order valence-electron chi connectivity index (χ3n) is 4.66. The van der Waals surface area contributed by atoms with E-state index in [2.05, 4.69) is 20.9 Å². The number of nitrogens with one attached hydrogen (secondary N) is 3. The molecule has 2 atom stereocenters. The molecule has 1 aromatic rings. The van der Waals surface area contributed by atoms with Crippen molar-refractivity contribution in [1.29, 1.82) is 0 Å². The molecule has 1 aliphatic rings. The van der Waals surface area contributed by atoms with Gasteiger partial charge in [-0.2, -0.15) is 0 Å². The van der Waals surface area contributed by atoms with Crippen LogP contribution in [-0.4, -0.2) is 49.1 Å². The number of amides is 3. The number of hydrogen-bond donors (Lipinski definition) is 3. The standard InChI is InChI=1S/C18H28N4O2.ClH/c1-12-7-8-16(13(2)10-12)20-18(24)21-17(23)14(3)22-9-5-6-15(11-22)19-4;/h7-8,10,14-15,19H,5-6,9,11H2,1-4H3,(H2,20,21,23,24);1H. The number of likely N-dealkylation sites (N-methyl/N-ethyl adjacent to an activating group) is 1. The van der Waals surface area contributed by atoms with Crippen molar-refractivity contribution in [2.45, 2.75) is 45.7 Å². The van der Waals surface area contributed by atoms with Crippen LogP contribution in [0.1, 0.15) is 30.9 Å². The second-order valence-corrected chi connectivity index (χ2v) is 6.56. The van der Waals surface area contributed by atoms with Gasteiger partial charge in [0, 0.05) is 18.3 Å². The Balaban J connectivity index is 0.00000312. The molecule has 7 heteroatoms. The zero-order valence-corrected chi connectivity index (χ0v) is 16.2. The van der Waals surface area contributed by atoms with Gasteiger partial charge in [-0.15, -0.1) is 12.4 Å². The summed E-state index contributed by atoms with van der Waals surface area (Å²) in [5.74, 6) is -0.269. The van der Waals surface area contributed by atoms with E-state index in [1.807, 2.05) is 46.0 Å². The van der Waals surface area contributed by atoms with Gasteiger partial charge in [-0.05, 0) is 58.8 Å². The molecule has 25 heavy (non-hydrogen) atoms. The average molecular weight is 369 g/mol. The van der Waals surface area contributed by atoms with Crippen LogP contribution in [0.2, 0.25) is 0 Å². The minimum atomic E-state index is -0.485. The Morgan fingerprint density at radius 3 is 2.64 bits per heavy atom. The first-order valence-corrected chi connectivity index (χ1v) is 8.51. The maximum absolute atomic E-state index is 12.3. The van der Waals surface area contributed by atoms with Gasteiger partial charge < -0.3 is 10.6 Å². The van der Waals surface area contributed by atoms with Gasteiger partial charge >= 0.3 is 6.03 Å². The molecule has 0 aliphatic carbocycles. The van der Waals surface area contributed by atoms with Crippen LogP contribution in [0.5, 0.6) is 0 Å². The minimum absolute atomic E-state index is 0. The first kappa shape index (κ1) is 21.4. The molecule has 0 radical (unpaired) electrons. The summed E-state index contributed by atoms with van der Waals surface area (Å²) in [5.41, 5.74) is 2.82. The molecular weight excluding hydrogens is 340 g/mol. The topological polar surface area (TPSA) is 73.5 Å². The Bertz CT molecular complexity index is 609. The molecule has 0 spiro atoms. The molecule has 3 N–H and O–H groups in total. The highest BCUT2D eigenvalue weighted by molar-refractivity contribution is 6.03. The molecule has 0 bridgehead atoms. The van der Waals surface area contributed by atoms with Crippen LogP contribution in [-0.2, 0) is 4.79 Å². The van der Waals surface area contributed by atoms with Gasteiger partial charge in [0.25, 0.3) is 0 Å². The summed E-state index contributed by atoms with van der Waals surface area (Å²) in [6.07, 6.45) is 2.17. The van der Waals surface area contributed by atoms with Crippen molar-refractivity contribution in [3.05, 3.63) is 29.3 Å². The van der Waals surface area contributed by atoms with Gasteiger partial charge in [0.1, 0.15) is 0 Å². The van der Waals surface area contributed by atoms with Gasteiger partial charge in [-0.1, -0.05) is 17.7 Å². The van der Waals surface area contributed by atoms with Crippen LogP contribution in [0.4, 0.5) is 10.5 Å². The monoisotopic (exact) mass is 368 g/mol. The van der Waals surface area contributed by atoms with E-state index in [1.54, 1.807) is 0 Å². The molecule has 2 unspecified atom stereocenters. The van der Waals surface area contributed by atoms with E-state index in [4.69, 9.17) is 0 Å². The van der Waals surface area contributed by atoms with Crippen molar-refractivity contribution in [1.82, 2.24) is 15.5 Å². The number of aryl methyl sites for hydroxylation is 2. The number of nitrogens with zero attached hydrogens (tertiary/aromatic N) is 1. The van der Waals surface area contributed by atoms with Crippen molar-refractivity contribution in [3.8, 4) is 0 Å². The Labute approximate surface area is 156 Å². The van der Waals surface area contributed by atoms with E-state index in [1.165, 1.54) is 0 Å². The maximum Gasteiger partial charge on any atom is 0.325 e. The SMILES string of the molecule is CNC1CCCN(C(C)C(=O)NC(=O)Nc2ccc(C)cc2C)C1.Cl. The van der Waals surface area contributed by atoms with E-state index in [0.29, 0.717) is 11.7 Å². The summed E-state index contributed by atoms with van der Waals surface area (Å²) in [7, 11) is 1.94.